The SMILES string of the molecule is CCCCN1C[C@H](C(=O)Nc2nnc(C(CC)CC)s2)CC1=O. The molecule has 6 nitrogen and oxygen atoms in total. The second-order valence-electron chi connectivity index (χ2n) is 6.04. The Bertz CT molecular complexity index is 542. The highest BCUT2D eigenvalue weighted by atomic mass is 32.1. The molecule has 1 N–H and O–H groups in total. The summed E-state index contributed by atoms with van der Waals surface area (Å²) < 4.78 is 0. The number of hydrogen-bond donors (Lipinski definition) is 1. The minimum atomic E-state index is -0.278. The molecular formula is C16H26N4O2S. The van der Waals surface area contributed by atoms with E-state index in [2.05, 4.69) is 36.3 Å². The Morgan fingerprint density at radius 3 is 2.74 bits per heavy atom. The quantitative estimate of drug-likeness (QED) is 0.790. The minimum Gasteiger partial charge on any atom is -0.342 e. The fourth-order valence-corrected chi connectivity index (χ4v) is 3.82. The van der Waals surface area contributed by atoms with E-state index in [0.29, 0.717) is 24.0 Å². The molecule has 0 radical (unpaired) electrons. The number of nitrogens with one attached hydrogen (secondary N) is 1. The van der Waals surface area contributed by atoms with Gasteiger partial charge in [-0.2, -0.15) is 0 Å². The van der Waals surface area contributed by atoms with Crippen LogP contribution in [0.1, 0.15) is 63.8 Å². The molecule has 1 aromatic heterocycles. The molecule has 23 heavy (non-hydrogen) atoms. The van der Waals surface area contributed by atoms with Gasteiger partial charge >= 0.3 is 0 Å². The van der Waals surface area contributed by atoms with Crippen LogP contribution in [0, 0.1) is 5.92 Å². The van der Waals surface area contributed by atoms with E-state index in [-0.39, 0.29) is 17.7 Å². The minimum absolute atomic E-state index is 0.0774. The fourth-order valence-electron chi connectivity index (χ4n) is 2.81. The maximum atomic E-state index is 12.3. The number of carbonyl (C=O) groups is 2. The average molecular weight is 338 g/mol. The van der Waals surface area contributed by atoms with Gasteiger partial charge in [-0.3, -0.25) is 9.59 Å². The lowest BCUT2D eigenvalue weighted by Gasteiger charge is -2.15. The van der Waals surface area contributed by atoms with Crippen LogP contribution in [0.5, 0.6) is 0 Å². The third-order valence-electron chi connectivity index (χ3n) is 4.37. The average Bonchev–Trinajstić information content (AvgIpc) is 3.14. The first-order valence-corrected chi connectivity index (χ1v) is 9.32. The van der Waals surface area contributed by atoms with Crippen molar-refractivity contribution in [2.45, 2.75) is 58.8 Å². The molecule has 0 bridgehead atoms. The largest absolute Gasteiger partial charge is 0.342 e. The van der Waals surface area contributed by atoms with Gasteiger partial charge in [-0.15, -0.1) is 10.2 Å². The van der Waals surface area contributed by atoms with E-state index in [1.54, 1.807) is 4.90 Å². The van der Waals surface area contributed by atoms with Crippen LogP contribution < -0.4 is 5.32 Å². The second kappa shape index (κ2) is 8.38. The van der Waals surface area contributed by atoms with Crippen LogP contribution in [0.3, 0.4) is 0 Å². The molecule has 2 heterocycles. The lowest BCUT2D eigenvalue weighted by atomic mass is 10.1. The summed E-state index contributed by atoms with van der Waals surface area (Å²) in [7, 11) is 0. The Morgan fingerprint density at radius 1 is 1.35 bits per heavy atom. The molecule has 1 saturated heterocycles. The van der Waals surface area contributed by atoms with E-state index in [1.807, 2.05) is 0 Å². The number of carbonyl (C=O) groups excluding carboxylic acids is 2. The van der Waals surface area contributed by atoms with Crippen LogP contribution >= 0.6 is 11.3 Å². The Hall–Kier alpha value is -1.50. The number of likely N-dealkylation sites (tertiary alicyclic amines) is 1. The molecule has 1 fully saturated rings. The van der Waals surface area contributed by atoms with Crippen molar-refractivity contribution in [2.24, 2.45) is 5.92 Å². The van der Waals surface area contributed by atoms with Gasteiger partial charge in [-0.25, -0.2) is 0 Å². The van der Waals surface area contributed by atoms with E-state index >= 15 is 0 Å². The number of anilines is 1. The summed E-state index contributed by atoms with van der Waals surface area (Å²) >= 11 is 1.44. The summed E-state index contributed by atoms with van der Waals surface area (Å²) in [5, 5.41) is 12.6. The van der Waals surface area contributed by atoms with Crippen LogP contribution in [0.25, 0.3) is 0 Å². The predicted octanol–water partition coefficient (Wildman–Crippen LogP) is 3.03. The van der Waals surface area contributed by atoms with E-state index in [9.17, 15) is 9.59 Å². The number of amides is 2. The maximum Gasteiger partial charge on any atom is 0.231 e. The molecular weight excluding hydrogens is 312 g/mol. The number of hydrogen-bond acceptors (Lipinski definition) is 5. The first-order chi connectivity index (χ1) is 11.1. The van der Waals surface area contributed by atoms with Gasteiger partial charge < -0.3 is 10.2 Å². The highest BCUT2D eigenvalue weighted by Crippen LogP contribution is 2.28. The van der Waals surface area contributed by atoms with Crippen molar-refractivity contribution in [3.63, 3.8) is 0 Å². The monoisotopic (exact) mass is 338 g/mol. The molecule has 1 aliphatic rings. The molecule has 0 unspecified atom stereocenters. The van der Waals surface area contributed by atoms with Crippen LogP contribution in [-0.4, -0.2) is 40.0 Å². The van der Waals surface area contributed by atoms with Crippen LogP contribution in [0.4, 0.5) is 5.13 Å². The third kappa shape index (κ3) is 4.50. The Kier molecular flexibility index (Phi) is 6.50. The number of rotatable bonds is 8. The van der Waals surface area contributed by atoms with Gasteiger partial charge in [-0.05, 0) is 19.3 Å². The zero-order chi connectivity index (χ0) is 16.8. The van der Waals surface area contributed by atoms with Gasteiger partial charge in [0.05, 0.1) is 5.92 Å². The van der Waals surface area contributed by atoms with E-state index in [1.165, 1.54) is 11.3 Å². The van der Waals surface area contributed by atoms with Crippen molar-refractivity contribution in [3.05, 3.63) is 5.01 Å². The third-order valence-corrected chi connectivity index (χ3v) is 5.37. The van der Waals surface area contributed by atoms with Gasteiger partial charge in [-0.1, -0.05) is 38.5 Å². The van der Waals surface area contributed by atoms with E-state index in [0.717, 1.165) is 37.2 Å². The number of aromatic nitrogens is 2. The van der Waals surface area contributed by atoms with Gasteiger partial charge in [0.2, 0.25) is 16.9 Å². The number of nitrogens with zero attached hydrogens (tertiary/aromatic N) is 3. The topological polar surface area (TPSA) is 75.2 Å². The predicted molar refractivity (Wildman–Crippen MR) is 91.5 cm³/mol. The molecule has 2 amide bonds. The normalized spacial score (nSPS) is 18.0. The summed E-state index contributed by atoms with van der Waals surface area (Å²) in [4.78, 5) is 26.1. The summed E-state index contributed by atoms with van der Waals surface area (Å²) in [6, 6.07) is 0. The molecule has 1 atom stereocenters. The molecule has 7 heteroatoms. The molecule has 2 rings (SSSR count). The first-order valence-electron chi connectivity index (χ1n) is 8.50. The van der Waals surface area contributed by atoms with Crippen molar-refractivity contribution >= 4 is 28.3 Å². The summed E-state index contributed by atoms with van der Waals surface area (Å²) in [5.74, 6) is 0.0776. The standard InChI is InChI=1S/C16H26N4O2S/c1-4-7-8-20-10-12(9-13(20)21)14(22)17-16-19-18-15(23-16)11(5-2)6-3/h11-12H,4-10H2,1-3H3,(H,17,19,22)/t12-/m1/s1. The van der Waals surface area contributed by atoms with Gasteiger partial charge in [0.1, 0.15) is 5.01 Å². The Labute approximate surface area is 141 Å². The molecule has 0 spiro atoms. The van der Waals surface area contributed by atoms with Gasteiger partial charge in [0.15, 0.2) is 0 Å². The maximum absolute atomic E-state index is 12.3. The highest BCUT2D eigenvalue weighted by molar-refractivity contribution is 7.15. The molecule has 1 aromatic rings. The highest BCUT2D eigenvalue weighted by Gasteiger charge is 2.34. The molecule has 0 aromatic carbocycles. The lowest BCUT2D eigenvalue weighted by molar-refractivity contribution is -0.128. The van der Waals surface area contributed by atoms with Crippen molar-refractivity contribution in [3.8, 4) is 0 Å². The zero-order valence-electron chi connectivity index (χ0n) is 14.2. The smallest absolute Gasteiger partial charge is 0.231 e. The van der Waals surface area contributed by atoms with Gasteiger partial charge in [0.25, 0.3) is 0 Å². The second-order valence-corrected chi connectivity index (χ2v) is 7.05. The van der Waals surface area contributed by atoms with Crippen LogP contribution in [0.15, 0.2) is 0 Å². The van der Waals surface area contributed by atoms with Crippen LogP contribution in [0.2, 0.25) is 0 Å². The molecule has 0 aliphatic carbocycles. The summed E-state index contributed by atoms with van der Waals surface area (Å²) in [5.41, 5.74) is 0. The van der Waals surface area contributed by atoms with Crippen molar-refractivity contribution < 1.29 is 9.59 Å². The van der Waals surface area contributed by atoms with E-state index < -0.39 is 0 Å². The summed E-state index contributed by atoms with van der Waals surface area (Å²) in [6.07, 6.45) is 4.36. The van der Waals surface area contributed by atoms with E-state index in [4.69, 9.17) is 0 Å². The van der Waals surface area contributed by atoms with Crippen molar-refractivity contribution in [1.29, 1.82) is 0 Å². The zero-order valence-corrected chi connectivity index (χ0v) is 15.0. The van der Waals surface area contributed by atoms with Gasteiger partial charge in [0, 0.05) is 25.4 Å². The lowest BCUT2D eigenvalue weighted by Crippen LogP contribution is -2.29. The molecule has 0 saturated carbocycles. The molecule has 1 aliphatic heterocycles. The first kappa shape index (κ1) is 17.8. The Morgan fingerprint density at radius 2 is 2.09 bits per heavy atom. The summed E-state index contributed by atoms with van der Waals surface area (Å²) in [6.45, 7) is 7.61. The van der Waals surface area contributed by atoms with Crippen molar-refractivity contribution in [1.82, 2.24) is 15.1 Å². The van der Waals surface area contributed by atoms with Crippen LogP contribution in [-0.2, 0) is 9.59 Å². The number of unbranched alkanes of at least 4 members (excludes halogenated alkanes) is 1. The molecule has 128 valence electrons. The fraction of sp³-hybridized carbons (Fsp3) is 0.750. The van der Waals surface area contributed by atoms with Crippen molar-refractivity contribution in [2.75, 3.05) is 18.4 Å². The Balaban J connectivity index is 1.91.